The molecule has 132 valence electrons. The van der Waals surface area contributed by atoms with Crippen molar-refractivity contribution in [3.63, 3.8) is 0 Å². The standard InChI is InChI=1S/C21H23N5/c1-4-14-22-21-24-19(16-8-6-5-7-9-16)15-20(25-21)23-17-10-12-18(13-11-17)26(2)3/h4-13,15H,1,14H2,2-3H3,(H2,22,23,24,25). The van der Waals surface area contributed by atoms with Gasteiger partial charge in [0.1, 0.15) is 5.82 Å². The van der Waals surface area contributed by atoms with E-state index in [0.29, 0.717) is 12.5 Å². The molecule has 0 amide bonds. The molecule has 0 spiro atoms. The van der Waals surface area contributed by atoms with E-state index in [4.69, 9.17) is 0 Å². The van der Waals surface area contributed by atoms with E-state index >= 15 is 0 Å². The summed E-state index contributed by atoms with van der Waals surface area (Å²) >= 11 is 0. The van der Waals surface area contributed by atoms with Crippen molar-refractivity contribution in [3.05, 3.63) is 73.3 Å². The zero-order valence-electron chi connectivity index (χ0n) is 15.1. The van der Waals surface area contributed by atoms with Crippen LogP contribution in [0.15, 0.2) is 73.3 Å². The summed E-state index contributed by atoms with van der Waals surface area (Å²) in [7, 11) is 4.05. The Balaban J connectivity index is 1.90. The van der Waals surface area contributed by atoms with Gasteiger partial charge in [-0.15, -0.1) is 6.58 Å². The quantitative estimate of drug-likeness (QED) is 0.615. The third-order valence-electron chi connectivity index (χ3n) is 3.86. The topological polar surface area (TPSA) is 53.1 Å². The van der Waals surface area contributed by atoms with E-state index in [1.807, 2.05) is 62.6 Å². The number of hydrogen-bond donors (Lipinski definition) is 2. The van der Waals surface area contributed by atoms with Crippen LogP contribution >= 0.6 is 0 Å². The Morgan fingerprint density at radius 1 is 1.00 bits per heavy atom. The molecule has 3 rings (SSSR count). The average molecular weight is 345 g/mol. The zero-order valence-corrected chi connectivity index (χ0v) is 15.1. The van der Waals surface area contributed by atoms with Crippen molar-refractivity contribution in [1.29, 1.82) is 0 Å². The number of hydrogen-bond acceptors (Lipinski definition) is 5. The first-order valence-electron chi connectivity index (χ1n) is 8.49. The Labute approximate surface area is 154 Å². The van der Waals surface area contributed by atoms with Gasteiger partial charge in [-0.2, -0.15) is 4.98 Å². The molecule has 2 aromatic carbocycles. The zero-order chi connectivity index (χ0) is 18.4. The molecule has 0 aliphatic carbocycles. The predicted molar refractivity (Wildman–Crippen MR) is 110 cm³/mol. The molecule has 5 nitrogen and oxygen atoms in total. The fourth-order valence-corrected chi connectivity index (χ4v) is 2.50. The average Bonchev–Trinajstić information content (AvgIpc) is 2.67. The summed E-state index contributed by atoms with van der Waals surface area (Å²) in [5, 5.41) is 6.53. The van der Waals surface area contributed by atoms with Crippen LogP contribution in [0.5, 0.6) is 0 Å². The summed E-state index contributed by atoms with van der Waals surface area (Å²) in [6.07, 6.45) is 1.78. The molecule has 1 heterocycles. The van der Waals surface area contributed by atoms with Crippen molar-refractivity contribution >= 4 is 23.1 Å². The van der Waals surface area contributed by atoms with Crippen LogP contribution in [0.2, 0.25) is 0 Å². The van der Waals surface area contributed by atoms with Gasteiger partial charge in [0.2, 0.25) is 5.95 Å². The molecule has 1 aromatic heterocycles. The highest BCUT2D eigenvalue weighted by atomic mass is 15.1. The van der Waals surface area contributed by atoms with Crippen LogP contribution in [0, 0.1) is 0 Å². The fourth-order valence-electron chi connectivity index (χ4n) is 2.50. The Morgan fingerprint density at radius 2 is 1.73 bits per heavy atom. The summed E-state index contributed by atoms with van der Waals surface area (Å²) in [5.41, 5.74) is 4.03. The smallest absolute Gasteiger partial charge is 0.225 e. The third-order valence-corrected chi connectivity index (χ3v) is 3.86. The number of anilines is 4. The van der Waals surface area contributed by atoms with Gasteiger partial charge in [0, 0.05) is 43.6 Å². The predicted octanol–water partition coefficient (Wildman–Crippen LogP) is 4.55. The SMILES string of the molecule is C=CCNc1nc(Nc2ccc(N(C)C)cc2)cc(-c2ccccc2)n1. The second-order valence-electron chi connectivity index (χ2n) is 6.06. The summed E-state index contributed by atoms with van der Waals surface area (Å²) in [6.45, 7) is 4.34. The van der Waals surface area contributed by atoms with Crippen molar-refractivity contribution in [1.82, 2.24) is 9.97 Å². The molecule has 0 radical (unpaired) electrons. The summed E-state index contributed by atoms with van der Waals surface area (Å²) < 4.78 is 0. The lowest BCUT2D eigenvalue weighted by Crippen LogP contribution is -2.08. The van der Waals surface area contributed by atoms with Crippen molar-refractivity contribution in [2.24, 2.45) is 0 Å². The minimum atomic E-state index is 0.568. The monoisotopic (exact) mass is 345 g/mol. The molecule has 0 fully saturated rings. The summed E-state index contributed by atoms with van der Waals surface area (Å²) in [4.78, 5) is 11.2. The maximum absolute atomic E-state index is 4.60. The molecule has 0 aliphatic rings. The minimum Gasteiger partial charge on any atom is -0.378 e. The molecular formula is C21H23N5. The van der Waals surface area contributed by atoms with Gasteiger partial charge in [0.25, 0.3) is 0 Å². The van der Waals surface area contributed by atoms with Gasteiger partial charge >= 0.3 is 0 Å². The third kappa shape index (κ3) is 4.39. The van der Waals surface area contributed by atoms with E-state index in [1.165, 1.54) is 0 Å². The lowest BCUT2D eigenvalue weighted by Gasteiger charge is -2.14. The highest BCUT2D eigenvalue weighted by Gasteiger charge is 2.07. The molecule has 0 atom stereocenters. The molecule has 0 saturated heterocycles. The number of nitrogens with zero attached hydrogens (tertiary/aromatic N) is 3. The van der Waals surface area contributed by atoms with Gasteiger partial charge < -0.3 is 15.5 Å². The summed E-state index contributed by atoms with van der Waals surface area (Å²) in [6, 6.07) is 20.2. The normalized spacial score (nSPS) is 10.2. The van der Waals surface area contributed by atoms with E-state index in [0.717, 1.165) is 28.5 Å². The van der Waals surface area contributed by atoms with Crippen LogP contribution in [-0.2, 0) is 0 Å². The molecule has 26 heavy (non-hydrogen) atoms. The van der Waals surface area contributed by atoms with E-state index in [9.17, 15) is 0 Å². The Hall–Kier alpha value is -3.34. The highest BCUT2D eigenvalue weighted by Crippen LogP contribution is 2.24. The van der Waals surface area contributed by atoms with Gasteiger partial charge in [-0.25, -0.2) is 4.98 Å². The molecule has 0 saturated carbocycles. The first-order chi connectivity index (χ1) is 12.7. The summed E-state index contributed by atoms with van der Waals surface area (Å²) in [5.74, 6) is 1.31. The maximum atomic E-state index is 4.60. The van der Waals surface area contributed by atoms with Crippen molar-refractivity contribution in [2.75, 3.05) is 36.2 Å². The van der Waals surface area contributed by atoms with Crippen molar-refractivity contribution < 1.29 is 0 Å². The Kier molecular flexibility index (Phi) is 5.49. The number of rotatable bonds is 7. The lowest BCUT2D eigenvalue weighted by atomic mass is 10.1. The molecule has 3 aromatic rings. The Morgan fingerprint density at radius 3 is 2.38 bits per heavy atom. The van der Waals surface area contributed by atoms with Crippen LogP contribution in [-0.4, -0.2) is 30.6 Å². The molecule has 5 heteroatoms. The van der Waals surface area contributed by atoms with Crippen LogP contribution in [0.25, 0.3) is 11.3 Å². The first-order valence-corrected chi connectivity index (χ1v) is 8.49. The van der Waals surface area contributed by atoms with Crippen LogP contribution in [0.4, 0.5) is 23.1 Å². The van der Waals surface area contributed by atoms with Gasteiger partial charge in [-0.05, 0) is 24.3 Å². The highest BCUT2D eigenvalue weighted by molar-refractivity contribution is 5.68. The minimum absolute atomic E-state index is 0.568. The number of nitrogens with one attached hydrogen (secondary N) is 2. The van der Waals surface area contributed by atoms with E-state index < -0.39 is 0 Å². The number of aromatic nitrogens is 2. The molecule has 0 aliphatic heterocycles. The number of benzene rings is 2. The van der Waals surface area contributed by atoms with Crippen LogP contribution < -0.4 is 15.5 Å². The van der Waals surface area contributed by atoms with E-state index in [-0.39, 0.29) is 0 Å². The van der Waals surface area contributed by atoms with Crippen LogP contribution in [0.3, 0.4) is 0 Å². The van der Waals surface area contributed by atoms with Crippen LogP contribution in [0.1, 0.15) is 0 Å². The molecule has 2 N–H and O–H groups in total. The molecule has 0 bridgehead atoms. The van der Waals surface area contributed by atoms with Gasteiger partial charge in [-0.1, -0.05) is 36.4 Å². The van der Waals surface area contributed by atoms with Gasteiger partial charge in [-0.3, -0.25) is 0 Å². The van der Waals surface area contributed by atoms with E-state index in [2.05, 4.69) is 44.2 Å². The largest absolute Gasteiger partial charge is 0.378 e. The molecular weight excluding hydrogens is 322 g/mol. The van der Waals surface area contributed by atoms with Crippen molar-refractivity contribution in [3.8, 4) is 11.3 Å². The first kappa shape index (κ1) is 17.5. The fraction of sp³-hybridized carbons (Fsp3) is 0.143. The van der Waals surface area contributed by atoms with Gasteiger partial charge in [0.15, 0.2) is 0 Å². The maximum Gasteiger partial charge on any atom is 0.225 e. The van der Waals surface area contributed by atoms with E-state index in [1.54, 1.807) is 6.08 Å². The second-order valence-corrected chi connectivity index (χ2v) is 6.06. The Bertz CT molecular complexity index is 857. The van der Waals surface area contributed by atoms with Gasteiger partial charge in [0.05, 0.1) is 5.69 Å². The molecule has 0 unspecified atom stereocenters. The van der Waals surface area contributed by atoms with Crippen molar-refractivity contribution in [2.45, 2.75) is 0 Å². The second kappa shape index (κ2) is 8.16. The lowest BCUT2D eigenvalue weighted by molar-refractivity contribution is 1.12.